The summed E-state index contributed by atoms with van der Waals surface area (Å²) in [6.45, 7) is 4.31. The molecule has 0 unspecified atom stereocenters. The predicted octanol–water partition coefficient (Wildman–Crippen LogP) is 4.13. The number of amides is 1. The lowest BCUT2D eigenvalue weighted by molar-refractivity contribution is 0.0783. The number of nitrogens with zero attached hydrogens (tertiary/aromatic N) is 4. The molecule has 3 rings (SSSR count). The standard InChI is InChI=1S/C18H19ClN4OS/c1-4-15-20-13(11-25-15)10-22(3)18(24)16-12(2)21-23(17(16)19)14-8-6-5-7-9-14/h5-9,11H,4,10H2,1-3H3. The van der Waals surface area contributed by atoms with Gasteiger partial charge in [0.05, 0.1) is 34.2 Å². The molecule has 0 aliphatic rings. The van der Waals surface area contributed by atoms with E-state index in [1.807, 2.05) is 35.7 Å². The number of thiazole rings is 1. The SMILES string of the molecule is CCc1nc(CN(C)C(=O)c2c(C)nn(-c3ccccc3)c2Cl)cs1. The minimum Gasteiger partial charge on any atom is -0.336 e. The van der Waals surface area contributed by atoms with Crippen LogP contribution in [0.2, 0.25) is 5.15 Å². The first kappa shape index (κ1) is 17.6. The van der Waals surface area contributed by atoms with Crippen molar-refractivity contribution in [1.29, 1.82) is 0 Å². The number of halogens is 1. The predicted molar refractivity (Wildman–Crippen MR) is 101 cm³/mol. The van der Waals surface area contributed by atoms with Crippen molar-refractivity contribution < 1.29 is 4.79 Å². The molecule has 1 aromatic carbocycles. The van der Waals surface area contributed by atoms with Crippen LogP contribution in [-0.2, 0) is 13.0 Å². The highest BCUT2D eigenvalue weighted by Gasteiger charge is 2.24. The van der Waals surface area contributed by atoms with Crippen molar-refractivity contribution in [2.45, 2.75) is 26.8 Å². The summed E-state index contributed by atoms with van der Waals surface area (Å²) in [4.78, 5) is 19.0. The van der Waals surface area contributed by atoms with Gasteiger partial charge in [-0.05, 0) is 25.5 Å². The van der Waals surface area contributed by atoms with E-state index in [0.717, 1.165) is 22.8 Å². The molecular weight excluding hydrogens is 356 g/mol. The van der Waals surface area contributed by atoms with E-state index in [1.165, 1.54) is 0 Å². The number of hydrogen-bond acceptors (Lipinski definition) is 4. The Hall–Kier alpha value is -2.18. The van der Waals surface area contributed by atoms with Gasteiger partial charge in [-0.2, -0.15) is 5.10 Å². The third-order valence-corrected chi connectivity index (χ3v) is 5.26. The number of para-hydroxylation sites is 1. The Morgan fingerprint density at radius 3 is 2.68 bits per heavy atom. The lowest BCUT2D eigenvalue weighted by Gasteiger charge is -2.15. The van der Waals surface area contributed by atoms with Crippen molar-refractivity contribution in [3.05, 3.63) is 62.8 Å². The molecule has 0 radical (unpaired) electrons. The van der Waals surface area contributed by atoms with Crippen LogP contribution in [0.5, 0.6) is 0 Å². The van der Waals surface area contributed by atoms with E-state index in [4.69, 9.17) is 11.6 Å². The highest BCUT2D eigenvalue weighted by molar-refractivity contribution is 7.09. The Bertz CT molecular complexity index is 888. The second kappa shape index (κ2) is 7.37. The van der Waals surface area contributed by atoms with Crippen molar-refractivity contribution >= 4 is 28.8 Å². The molecular formula is C18H19ClN4OS. The van der Waals surface area contributed by atoms with E-state index in [2.05, 4.69) is 17.0 Å². The zero-order valence-electron chi connectivity index (χ0n) is 14.4. The Balaban J connectivity index is 1.85. The molecule has 0 aliphatic heterocycles. The van der Waals surface area contributed by atoms with E-state index in [9.17, 15) is 4.79 Å². The van der Waals surface area contributed by atoms with Crippen molar-refractivity contribution in [3.8, 4) is 5.69 Å². The first-order valence-corrected chi connectivity index (χ1v) is 9.26. The van der Waals surface area contributed by atoms with Gasteiger partial charge in [-0.1, -0.05) is 36.7 Å². The normalized spacial score (nSPS) is 10.9. The van der Waals surface area contributed by atoms with Crippen LogP contribution in [0.15, 0.2) is 35.7 Å². The van der Waals surface area contributed by atoms with Crippen LogP contribution >= 0.6 is 22.9 Å². The fourth-order valence-electron chi connectivity index (χ4n) is 2.57. The van der Waals surface area contributed by atoms with Crippen LogP contribution in [-0.4, -0.2) is 32.6 Å². The van der Waals surface area contributed by atoms with Gasteiger partial charge in [-0.3, -0.25) is 4.79 Å². The Morgan fingerprint density at radius 1 is 1.32 bits per heavy atom. The number of carbonyl (C=O) groups excluding carboxylic acids is 1. The van der Waals surface area contributed by atoms with Gasteiger partial charge in [0, 0.05) is 12.4 Å². The number of benzene rings is 1. The first-order valence-electron chi connectivity index (χ1n) is 8.00. The molecule has 0 bridgehead atoms. The van der Waals surface area contributed by atoms with Crippen LogP contribution in [0.4, 0.5) is 0 Å². The summed E-state index contributed by atoms with van der Waals surface area (Å²) >= 11 is 8.09. The summed E-state index contributed by atoms with van der Waals surface area (Å²) in [5, 5.41) is 7.82. The lowest BCUT2D eigenvalue weighted by atomic mass is 10.2. The maximum Gasteiger partial charge on any atom is 0.259 e. The summed E-state index contributed by atoms with van der Waals surface area (Å²) in [6.07, 6.45) is 0.900. The van der Waals surface area contributed by atoms with Crippen LogP contribution in [0.25, 0.3) is 5.69 Å². The molecule has 0 atom stereocenters. The number of aromatic nitrogens is 3. The highest BCUT2D eigenvalue weighted by atomic mass is 35.5. The maximum absolute atomic E-state index is 12.9. The average Bonchev–Trinajstić information content (AvgIpc) is 3.19. The van der Waals surface area contributed by atoms with Gasteiger partial charge in [0.1, 0.15) is 5.15 Å². The molecule has 130 valence electrons. The summed E-state index contributed by atoms with van der Waals surface area (Å²) in [6, 6.07) is 9.54. The second-order valence-corrected chi connectivity index (χ2v) is 7.05. The first-order chi connectivity index (χ1) is 12.0. The summed E-state index contributed by atoms with van der Waals surface area (Å²) in [7, 11) is 1.75. The van der Waals surface area contributed by atoms with Crippen LogP contribution in [0.3, 0.4) is 0 Å². The Morgan fingerprint density at radius 2 is 2.04 bits per heavy atom. The number of carbonyl (C=O) groups is 1. The summed E-state index contributed by atoms with van der Waals surface area (Å²) in [5.41, 5.74) is 2.75. The van der Waals surface area contributed by atoms with Crippen molar-refractivity contribution in [1.82, 2.24) is 19.7 Å². The van der Waals surface area contributed by atoms with Crippen molar-refractivity contribution in [3.63, 3.8) is 0 Å². The second-order valence-electron chi connectivity index (χ2n) is 5.75. The third kappa shape index (κ3) is 3.60. The monoisotopic (exact) mass is 374 g/mol. The molecule has 0 spiro atoms. The van der Waals surface area contributed by atoms with E-state index in [1.54, 1.807) is 34.9 Å². The quantitative estimate of drug-likeness (QED) is 0.674. The van der Waals surface area contributed by atoms with Gasteiger partial charge >= 0.3 is 0 Å². The number of aryl methyl sites for hydroxylation is 2. The molecule has 0 saturated carbocycles. The highest BCUT2D eigenvalue weighted by Crippen LogP contribution is 2.25. The molecule has 3 aromatic rings. The Kier molecular flexibility index (Phi) is 5.20. The largest absolute Gasteiger partial charge is 0.336 e. The van der Waals surface area contributed by atoms with Gasteiger partial charge in [-0.25, -0.2) is 9.67 Å². The average molecular weight is 375 g/mol. The minimum atomic E-state index is -0.157. The topological polar surface area (TPSA) is 51.0 Å². The van der Waals surface area contributed by atoms with E-state index in [-0.39, 0.29) is 5.91 Å². The molecule has 25 heavy (non-hydrogen) atoms. The van der Waals surface area contributed by atoms with Crippen LogP contribution in [0.1, 0.15) is 33.7 Å². The minimum absolute atomic E-state index is 0.157. The van der Waals surface area contributed by atoms with Crippen molar-refractivity contribution in [2.24, 2.45) is 0 Å². The fraction of sp³-hybridized carbons (Fsp3) is 0.278. The van der Waals surface area contributed by atoms with E-state index >= 15 is 0 Å². The zero-order valence-corrected chi connectivity index (χ0v) is 15.9. The fourth-order valence-corrected chi connectivity index (χ4v) is 3.66. The molecule has 0 saturated heterocycles. The molecule has 7 heteroatoms. The smallest absolute Gasteiger partial charge is 0.259 e. The van der Waals surface area contributed by atoms with Gasteiger partial charge < -0.3 is 4.90 Å². The maximum atomic E-state index is 12.9. The zero-order chi connectivity index (χ0) is 18.0. The summed E-state index contributed by atoms with van der Waals surface area (Å²) in [5.74, 6) is -0.157. The van der Waals surface area contributed by atoms with Gasteiger partial charge in [0.2, 0.25) is 0 Å². The molecule has 2 aromatic heterocycles. The van der Waals surface area contributed by atoms with Crippen molar-refractivity contribution in [2.75, 3.05) is 7.05 Å². The number of rotatable bonds is 5. The molecule has 5 nitrogen and oxygen atoms in total. The van der Waals surface area contributed by atoms with E-state index < -0.39 is 0 Å². The van der Waals surface area contributed by atoms with Crippen LogP contribution in [0, 0.1) is 6.92 Å². The van der Waals surface area contributed by atoms with Gasteiger partial charge in [0.25, 0.3) is 5.91 Å². The Labute approximate surface area is 155 Å². The molecule has 0 aliphatic carbocycles. The molecule has 2 heterocycles. The van der Waals surface area contributed by atoms with E-state index in [0.29, 0.717) is 23.0 Å². The molecule has 0 fully saturated rings. The molecule has 1 amide bonds. The van der Waals surface area contributed by atoms with Crippen LogP contribution < -0.4 is 0 Å². The number of hydrogen-bond donors (Lipinski definition) is 0. The lowest BCUT2D eigenvalue weighted by Crippen LogP contribution is -2.27. The summed E-state index contributed by atoms with van der Waals surface area (Å²) < 4.78 is 1.59. The molecule has 0 N–H and O–H groups in total. The third-order valence-electron chi connectivity index (χ3n) is 3.87. The van der Waals surface area contributed by atoms with Gasteiger partial charge in [-0.15, -0.1) is 11.3 Å². The van der Waals surface area contributed by atoms with Gasteiger partial charge in [0.15, 0.2) is 0 Å².